The zero-order valence-electron chi connectivity index (χ0n) is 7.37. The van der Waals surface area contributed by atoms with Gasteiger partial charge in [0.05, 0.1) is 5.25 Å². The summed E-state index contributed by atoms with van der Waals surface area (Å²) in [6.45, 7) is 1.72. The first-order chi connectivity index (χ1) is 6.11. The molecule has 0 saturated carbocycles. The van der Waals surface area contributed by atoms with Gasteiger partial charge in [0.15, 0.2) is 0 Å². The highest BCUT2D eigenvalue weighted by molar-refractivity contribution is 8.00. The Morgan fingerprint density at radius 2 is 2.00 bits per heavy atom. The van der Waals surface area contributed by atoms with E-state index in [-0.39, 0.29) is 17.1 Å². The van der Waals surface area contributed by atoms with Crippen LogP contribution in [0.2, 0.25) is 0 Å². The average molecular weight is 206 g/mol. The molecule has 0 aliphatic heterocycles. The molecule has 0 heterocycles. The molecule has 0 radical (unpaired) electrons. The molecule has 0 aromatic carbocycles. The van der Waals surface area contributed by atoms with E-state index in [4.69, 9.17) is 11.7 Å². The maximum absolute atomic E-state index is 10.9. The summed E-state index contributed by atoms with van der Waals surface area (Å²) < 4.78 is 0. The first kappa shape index (κ1) is 12.2. The highest BCUT2D eigenvalue weighted by Gasteiger charge is 2.11. The standard InChI is InChI=1S/C6H14N4O2S/c1-4(6(12)10-8)13-3-2-5(11)9-7/h4H,2-3,7-8H2,1H3,(H,9,11)(H,10,12). The molecule has 1 unspecified atom stereocenters. The molecule has 0 aliphatic carbocycles. The quantitative estimate of drug-likeness (QED) is 0.248. The summed E-state index contributed by atoms with van der Waals surface area (Å²) in [5, 5.41) is -0.254. The zero-order valence-corrected chi connectivity index (χ0v) is 8.19. The molecule has 0 aliphatic rings. The molecule has 0 bridgehead atoms. The van der Waals surface area contributed by atoms with Gasteiger partial charge < -0.3 is 0 Å². The first-order valence-electron chi connectivity index (χ1n) is 3.73. The molecule has 0 rings (SSSR count). The Labute approximate surface area is 80.7 Å². The summed E-state index contributed by atoms with van der Waals surface area (Å²) in [5.41, 5.74) is 4.04. The lowest BCUT2D eigenvalue weighted by Gasteiger charge is -2.08. The molecule has 7 heteroatoms. The second kappa shape index (κ2) is 6.70. The van der Waals surface area contributed by atoms with Crippen molar-refractivity contribution < 1.29 is 9.59 Å². The molecule has 76 valence electrons. The minimum atomic E-state index is -0.254. The van der Waals surface area contributed by atoms with E-state index in [9.17, 15) is 9.59 Å². The van der Waals surface area contributed by atoms with Crippen LogP contribution in [0.3, 0.4) is 0 Å². The number of rotatable bonds is 5. The number of carbonyl (C=O) groups is 2. The van der Waals surface area contributed by atoms with Crippen molar-refractivity contribution in [1.29, 1.82) is 0 Å². The van der Waals surface area contributed by atoms with E-state index in [2.05, 4.69) is 0 Å². The Hall–Kier alpha value is -0.790. The van der Waals surface area contributed by atoms with Crippen molar-refractivity contribution in [3.8, 4) is 0 Å². The summed E-state index contributed by atoms with van der Waals surface area (Å²) in [5.74, 6) is 9.83. The lowest BCUT2D eigenvalue weighted by atomic mass is 10.4. The van der Waals surface area contributed by atoms with Crippen LogP contribution in [-0.2, 0) is 9.59 Å². The fraction of sp³-hybridized carbons (Fsp3) is 0.667. The Morgan fingerprint density at radius 1 is 1.38 bits per heavy atom. The normalized spacial score (nSPS) is 11.9. The van der Waals surface area contributed by atoms with Gasteiger partial charge in [0.1, 0.15) is 0 Å². The molecule has 1 atom stereocenters. The van der Waals surface area contributed by atoms with Crippen LogP contribution in [0.25, 0.3) is 0 Å². The van der Waals surface area contributed by atoms with Crippen molar-refractivity contribution in [3.05, 3.63) is 0 Å². The molecule has 0 aromatic rings. The summed E-state index contributed by atoms with van der Waals surface area (Å²) in [7, 11) is 0. The van der Waals surface area contributed by atoms with Gasteiger partial charge >= 0.3 is 0 Å². The lowest BCUT2D eigenvalue weighted by molar-refractivity contribution is -0.121. The minimum Gasteiger partial charge on any atom is -0.294 e. The monoisotopic (exact) mass is 206 g/mol. The van der Waals surface area contributed by atoms with E-state index in [0.717, 1.165) is 0 Å². The Balaban J connectivity index is 3.53. The van der Waals surface area contributed by atoms with Gasteiger partial charge in [-0.2, -0.15) is 0 Å². The first-order valence-corrected chi connectivity index (χ1v) is 4.78. The molecular weight excluding hydrogens is 192 g/mol. The maximum Gasteiger partial charge on any atom is 0.246 e. The average Bonchev–Trinajstić information content (AvgIpc) is 2.15. The smallest absolute Gasteiger partial charge is 0.246 e. The Kier molecular flexibility index (Phi) is 6.29. The van der Waals surface area contributed by atoms with Gasteiger partial charge in [-0.3, -0.25) is 20.4 Å². The van der Waals surface area contributed by atoms with Crippen molar-refractivity contribution in [3.63, 3.8) is 0 Å². The number of hydrazine groups is 2. The third-order valence-corrected chi connectivity index (χ3v) is 2.52. The van der Waals surface area contributed by atoms with E-state index in [1.165, 1.54) is 11.8 Å². The van der Waals surface area contributed by atoms with Crippen LogP contribution in [-0.4, -0.2) is 22.8 Å². The van der Waals surface area contributed by atoms with Crippen molar-refractivity contribution in [1.82, 2.24) is 10.9 Å². The molecule has 0 spiro atoms. The Morgan fingerprint density at radius 3 is 2.46 bits per heavy atom. The SMILES string of the molecule is CC(SCCC(=O)NN)C(=O)NN. The van der Waals surface area contributed by atoms with Gasteiger partial charge in [0.2, 0.25) is 11.8 Å². The van der Waals surface area contributed by atoms with Gasteiger partial charge in [-0.25, -0.2) is 11.7 Å². The molecule has 0 fully saturated rings. The van der Waals surface area contributed by atoms with Crippen LogP contribution in [0.15, 0.2) is 0 Å². The van der Waals surface area contributed by atoms with E-state index < -0.39 is 0 Å². The predicted molar refractivity (Wildman–Crippen MR) is 51.2 cm³/mol. The number of hydrogen-bond donors (Lipinski definition) is 4. The van der Waals surface area contributed by atoms with Crippen LogP contribution in [0.5, 0.6) is 0 Å². The topological polar surface area (TPSA) is 110 Å². The van der Waals surface area contributed by atoms with Gasteiger partial charge in [-0.05, 0) is 6.92 Å². The minimum absolute atomic E-state index is 0.243. The summed E-state index contributed by atoms with van der Waals surface area (Å²) in [6.07, 6.45) is 0.295. The zero-order chi connectivity index (χ0) is 10.3. The Bertz CT molecular complexity index is 187. The molecule has 6 nitrogen and oxygen atoms in total. The van der Waals surface area contributed by atoms with Gasteiger partial charge in [-0.1, -0.05) is 0 Å². The van der Waals surface area contributed by atoms with Crippen molar-refractivity contribution >= 4 is 23.6 Å². The molecule has 0 aromatic heterocycles. The van der Waals surface area contributed by atoms with Crippen molar-refractivity contribution in [2.45, 2.75) is 18.6 Å². The van der Waals surface area contributed by atoms with Gasteiger partial charge in [0.25, 0.3) is 0 Å². The van der Waals surface area contributed by atoms with Gasteiger partial charge in [0, 0.05) is 12.2 Å². The number of carbonyl (C=O) groups excluding carboxylic acids is 2. The van der Waals surface area contributed by atoms with Crippen LogP contribution in [0.1, 0.15) is 13.3 Å². The fourth-order valence-corrected chi connectivity index (χ4v) is 1.47. The number of hydrogen-bond acceptors (Lipinski definition) is 5. The van der Waals surface area contributed by atoms with E-state index in [1.807, 2.05) is 10.9 Å². The van der Waals surface area contributed by atoms with Crippen LogP contribution < -0.4 is 22.5 Å². The highest BCUT2D eigenvalue weighted by Crippen LogP contribution is 2.10. The van der Waals surface area contributed by atoms with Crippen LogP contribution in [0, 0.1) is 0 Å². The number of thioether (sulfide) groups is 1. The maximum atomic E-state index is 10.9. The number of nitrogens with two attached hydrogens (primary N) is 2. The summed E-state index contributed by atoms with van der Waals surface area (Å²) in [6, 6.07) is 0. The van der Waals surface area contributed by atoms with E-state index in [1.54, 1.807) is 6.92 Å². The van der Waals surface area contributed by atoms with Crippen LogP contribution in [0.4, 0.5) is 0 Å². The third-order valence-electron chi connectivity index (χ3n) is 1.37. The van der Waals surface area contributed by atoms with Crippen molar-refractivity contribution in [2.24, 2.45) is 11.7 Å². The molecule has 13 heavy (non-hydrogen) atoms. The number of amides is 2. The van der Waals surface area contributed by atoms with Crippen LogP contribution >= 0.6 is 11.8 Å². The van der Waals surface area contributed by atoms with E-state index >= 15 is 0 Å². The van der Waals surface area contributed by atoms with E-state index in [0.29, 0.717) is 12.2 Å². The third kappa shape index (κ3) is 5.45. The highest BCUT2D eigenvalue weighted by atomic mass is 32.2. The molecule has 2 amide bonds. The summed E-state index contributed by atoms with van der Waals surface area (Å²) in [4.78, 5) is 21.5. The number of nitrogens with one attached hydrogen (secondary N) is 2. The molecule has 6 N–H and O–H groups in total. The van der Waals surface area contributed by atoms with Gasteiger partial charge in [-0.15, -0.1) is 11.8 Å². The molecular formula is C6H14N4O2S. The predicted octanol–water partition coefficient (Wildman–Crippen LogP) is -1.52. The lowest BCUT2D eigenvalue weighted by Crippen LogP contribution is -2.36. The van der Waals surface area contributed by atoms with Crippen molar-refractivity contribution in [2.75, 3.05) is 5.75 Å². The summed E-state index contributed by atoms with van der Waals surface area (Å²) >= 11 is 1.34. The fourth-order valence-electron chi connectivity index (χ4n) is 0.594. The largest absolute Gasteiger partial charge is 0.294 e. The second-order valence-corrected chi connectivity index (χ2v) is 3.79. The molecule has 0 saturated heterocycles. The second-order valence-electron chi connectivity index (χ2n) is 2.34.